The van der Waals surface area contributed by atoms with E-state index in [1.54, 1.807) is 9.80 Å². The molecular weight excluding hydrogens is 402 g/mol. The SMILES string of the molecule is CC(C)(C)OC(=O)N1CCN(C(=O)Cc2noc3cc(Br)ccc23)CC1. The second-order valence-corrected chi connectivity index (χ2v) is 8.21. The second-order valence-electron chi connectivity index (χ2n) is 7.29. The normalized spacial score (nSPS) is 15.4. The lowest BCUT2D eigenvalue weighted by Gasteiger charge is -2.35. The first-order valence-electron chi connectivity index (χ1n) is 8.52. The first-order valence-corrected chi connectivity index (χ1v) is 9.32. The van der Waals surface area contributed by atoms with Gasteiger partial charge in [0, 0.05) is 36.0 Å². The zero-order valence-corrected chi connectivity index (χ0v) is 16.7. The van der Waals surface area contributed by atoms with Crippen LogP contribution in [0.5, 0.6) is 0 Å². The molecule has 1 fully saturated rings. The summed E-state index contributed by atoms with van der Waals surface area (Å²) in [5, 5.41) is 4.87. The lowest BCUT2D eigenvalue weighted by molar-refractivity contribution is -0.132. The molecule has 0 atom stereocenters. The zero-order valence-electron chi connectivity index (χ0n) is 15.1. The van der Waals surface area contributed by atoms with Gasteiger partial charge in [0.2, 0.25) is 5.91 Å². The van der Waals surface area contributed by atoms with Gasteiger partial charge in [0.25, 0.3) is 0 Å². The largest absolute Gasteiger partial charge is 0.444 e. The standard InChI is InChI=1S/C18H22BrN3O4/c1-18(2,3)25-17(24)22-8-6-21(7-9-22)16(23)11-14-13-5-4-12(19)10-15(13)26-20-14/h4-5,10H,6-9,11H2,1-3H3. The minimum Gasteiger partial charge on any atom is -0.444 e. The van der Waals surface area contributed by atoms with Crippen LogP contribution in [0.25, 0.3) is 11.0 Å². The predicted octanol–water partition coefficient (Wildman–Crippen LogP) is 3.21. The molecule has 2 heterocycles. The first-order chi connectivity index (χ1) is 12.2. The van der Waals surface area contributed by atoms with E-state index in [1.807, 2.05) is 39.0 Å². The van der Waals surface area contributed by atoms with E-state index in [9.17, 15) is 9.59 Å². The van der Waals surface area contributed by atoms with Gasteiger partial charge in [-0.15, -0.1) is 0 Å². The van der Waals surface area contributed by atoms with Crippen LogP contribution in [0.3, 0.4) is 0 Å². The average Bonchev–Trinajstić information content (AvgIpc) is 2.95. The van der Waals surface area contributed by atoms with Gasteiger partial charge in [-0.1, -0.05) is 21.1 Å². The number of fused-ring (bicyclic) bond motifs is 1. The molecule has 140 valence electrons. The lowest BCUT2D eigenvalue weighted by Crippen LogP contribution is -2.52. The molecule has 0 radical (unpaired) electrons. The Morgan fingerprint density at radius 2 is 1.85 bits per heavy atom. The Morgan fingerprint density at radius 3 is 2.50 bits per heavy atom. The summed E-state index contributed by atoms with van der Waals surface area (Å²) in [6.07, 6.45) is -0.154. The highest BCUT2D eigenvalue weighted by Crippen LogP contribution is 2.23. The third-order valence-electron chi connectivity index (χ3n) is 4.11. The first kappa shape index (κ1) is 18.7. The van der Waals surface area contributed by atoms with Gasteiger partial charge in [0.15, 0.2) is 5.58 Å². The van der Waals surface area contributed by atoms with Crippen LogP contribution in [0.2, 0.25) is 0 Å². The summed E-state index contributed by atoms with van der Waals surface area (Å²) in [5.41, 5.74) is 0.761. The van der Waals surface area contributed by atoms with E-state index in [1.165, 1.54) is 0 Å². The maximum absolute atomic E-state index is 12.6. The number of hydrogen-bond donors (Lipinski definition) is 0. The number of benzene rings is 1. The number of nitrogens with zero attached hydrogens (tertiary/aromatic N) is 3. The van der Waals surface area contributed by atoms with Crippen LogP contribution < -0.4 is 0 Å². The molecule has 0 N–H and O–H groups in total. The van der Waals surface area contributed by atoms with Gasteiger partial charge in [-0.25, -0.2) is 4.79 Å². The Kier molecular flexibility index (Phi) is 5.22. The van der Waals surface area contributed by atoms with Crippen molar-refractivity contribution in [2.24, 2.45) is 0 Å². The van der Waals surface area contributed by atoms with Gasteiger partial charge in [-0.3, -0.25) is 4.79 Å². The van der Waals surface area contributed by atoms with E-state index in [2.05, 4.69) is 21.1 Å². The summed E-state index contributed by atoms with van der Waals surface area (Å²) in [5.74, 6) is -0.0213. The number of carbonyl (C=O) groups excluding carboxylic acids is 2. The van der Waals surface area contributed by atoms with Gasteiger partial charge >= 0.3 is 6.09 Å². The Hall–Kier alpha value is -2.09. The Bertz CT molecular complexity index is 819. The number of carbonyl (C=O) groups is 2. The molecular formula is C18H22BrN3O4. The smallest absolute Gasteiger partial charge is 0.410 e. The quantitative estimate of drug-likeness (QED) is 0.740. The fourth-order valence-corrected chi connectivity index (χ4v) is 3.15. The minimum absolute atomic E-state index is 0.0213. The zero-order chi connectivity index (χ0) is 18.9. The van der Waals surface area contributed by atoms with Crippen molar-refractivity contribution in [2.75, 3.05) is 26.2 Å². The van der Waals surface area contributed by atoms with E-state index >= 15 is 0 Å². The van der Waals surface area contributed by atoms with Gasteiger partial charge in [-0.2, -0.15) is 0 Å². The molecule has 0 unspecified atom stereocenters. The Morgan fingerprint density at radius 1 is 1.19 bits per heavy atom. The van der Waals surface area contributed by atoms with Gasteiger partial charge in [0.1, 0.15) is 11.3 Å². The molecule has 1 aliphatic rings. The van der Waals surface area contributed by atoms with E-state index in [0.717, 1.165) is 9.86 Å². The van der Waals surface area contributed by atoms with Crippen molar-refractivity contribution in [2.45, 2.75) is 32.8 Å². The lowest BCUT2D eigenvalue weighted by atomic mass is 10.1. The molecule has 2 amide bonds. The van der Waals surface area contributed by atoms with Crippen LogP contribution in [-0.4, -0.2) is 58.7 Å². The van der Waals surface area contributed by atoms with Crippen molar-refractivity contribution in [3.63, 3.8) is 0 Å². The molecule has 7 nitrogen and oxygen atoms in total. The topological polar surface area (TPSA) is 75.9 Å². The maximum atomic E-state index is 12.6. The number of piperazine rings is 1. The molecule has 3 rings (SSSR count). The van der Waals surface area contributed by atoms with Crippen molar-refractivity contribution in [3.8, 4) is 0 Å². The molecule has 26 heavy (non-hydrogen) atoms. The van der Waals surface area contributed by atoms with Crippen molar-refractivity contribution >= 4 is 38.9 Å². The van der Waals surface area contributed by atoms with Gasteiger partial charge in [0.05, 0.1) is 6.42 Å². The molecule has 0 bridgehead atoms. The van der Waals surface area contributed by atoms with E-state index in [0.29, 0.717) is 37.5 Å². The monoisotopic (exact) mass is 423 g/mol. The fraction of sp³-hybridized carbons (Fsp3) is 0.500. The molecule has 1 aliphatic heterocycles. The Balaban J connectivity index is 1.57. The van der Waals surface area contributed by atoms with E-state index in [4.69, 9.17) is 9.26 Å². The molecule has 8 heteroatoms. The van der Waals surface area contributed by atoms with E-state index < -0.39 is 5.60 Å². The molecule has 0 saturated carbocycles. The van der Waals surface area contributed by atoms with Crippen molar-refractivity contribution in [1.82, 2.24) is 15.0 Å². The third-order valence-corrected chi connectivity index (χ3v) is 4.60. The van der Waals surface area contributed by atoms with Crippen molar-refractivity contribution < 1.29 is 18.8 Å². The molecule has 1 saturated heterocycles. The summed E-state index contributed by atoms with van der Waals surface area (Å²) in [6.45, 7) is 7.42. The second kappa shape index (κ2) is 7.26. The van der Waals surface area contributed by atoms with Crippen molar-refractivity contribution in [1.29, 1.82) is 0 Å². The number of rotatable bonds is 2. The number of halogens is 1. The average molecular weight is 424 g/mol. The van der Waals surface area contributed by atoms with Crippen LogP contribution in [0, 0.1) is 0 Å². The minimum atomic E-state index is -0.521. The highest BCUT2D eigenvalue weighted by Gasteiger charge is 2.28. The summed E-state index contributed by atoms with van der Waals surface area (Å²) in [6, 6.07) is 5.61. The summed E-state index contributed by atoms with van der Waals surface area (Å²) in [4.78, 5) is 28.1. The molecule has 1 aromatic heterocycles. The third kappa shape index (κ3) is 4.35. The van der Waals surface area contributed by atoms with Gasteiger partial charge in [-0.05, 0) is 39.0 Å². The Labute approximate surface area is 160 Å². The highest BCUT2D eigenvalue weighted by molar-refractivity contribution is 9.10. The van der Waals surface area contributed by atoms with Crippen molar-refractivity contribution in [3.05, 3.63) is 28.4 Å². The molecule has 2 aromatic rings. The number of hydrogen-bond acceptors (Lipinski definition) is 5. The maximum Gasteiger partial charge on any atom is 0.410 e. The summed E-state index contributed by atoms with van der Waals surface area (Å²) in [7, 11) is 0. The van der Waals surface area contributed by atoms with Crippen LogP contribution in [0.4, 0.5) is 4.79 Å². The highest BCUT2D eigenvalue weighted by atomic mass is 79.9. The fourth-order valence-electron chi connectivity index (χ4n) is 2.81. The molecule has 0 spiro atoms. The summed E-state index contributed by atoms with van der Waals surface area (Å²) < 4.78 is 11.6. The number of aromatic nitrogens is 1. The van der Waals surface area contributed by atoms with Crippen LogP contribution in [0.15, 0.2) is 27.2 Å². The molecule has 1 aromatic carbocycles. The number of amides is 2. The predicted molar refractivity (Wildman–Crippen MR) is 99.8 cm³/mol. The van der Waals surface area contributed by atoms with E-state index in [-0.39, 0.29) is 18.4 Å². The van der Waals surface area contributed by atoms with Crippen LogP contribution in [-0.2, 0) is 16.0 Å². The number of ether oxygens (including phenoxy) is 1. The van der Waals surface area contributed by atoms with Crippen LogP contribution >= 0.6 is 15.9 Å². The van der Waals surface area contributed by atoms with Crippen LogP contribution in [0.1, 0.15) is 26.5 Å². The molecule has 0 aliphatic carbocycles. The van der Waals surface area contributed by atoms with Gasteiger partial charge < -0.3 is 19.1 Å². The summed E-state index contributed by atoms with van der Waals surface area (Å²) >= 11 is 3.39.